The van der Waals surface area contributed by atoms with E-state index in [4.69, 9.17) is 0 Å². The molecule has 4 heteroatoms. The van der Waals surface area contributed by atoms with E-state index in [2.05, 4.69) is 6.58 Å². The topological polar surface area (TPSA) is 40.5 Å². The Bertz CT molecular complexity index is 637. The molecule has 2 aromatic rings. The minimum absolute atomic E-state index is 0.267. The van der Waals surface area contributed by atoms with E-state index >= 15 is 0 Å². The molecule has 0 saturated carbocycles. The molecule has 0 amide bonds. The SMILES string of the molecule is C=CC[C@@](O)(CC[C@@H](O)c1ccc(F)cc1)c1ccc(F)cc1. The van der Waals surface area contributed by atoms with Gasteiger partial charge in [0, 0.05) is 0 Å². The van der Waals surface area contributed by atoms with Crippen LogP contribution < -0.4 is 0 Å². The van der Waals surface area contributed by atoms with E-state index in [0.717, 1.165) is 0 Å². The van der Waals surface area contributed by atoms with Crippen LogP contribution in [-0.2, 0) is 5.60 Å². The highest BCUT2D eigenvalue weighted by Gasteiger charge is 2.28. The largest absolute Gasteiger partial charge is 0.388 e. The molecule has 0 fully saturated rings. The van der Waals surface area contributed by atoms with Gasteiger partial charge in [0.1, 0.15) is 11.6 Å². The van der Waals surface area contributed by atoms with Crippen LogP contribution >= 0.6 is 0 Å². The van der Waals surface area contributed by atoms with Gasteiger partial charge in [0.25, 0.3) is 0 Å². The Hall–Kier alpha value is -2.04. The third kappa shape index (κ3) is 4.47. The van der Waals surface area contributed by atoms with Crippen molar-refractivity contribution in [3.8, 4) is 0 Å². The smallest absolute Gasteiger partial charge is 0.123 e. The summed E-state index contributed by atoms with van der Waals surface area (Å²) in [5.74, 6) is -0.739. The summed E-state index contributed by atoms with van der Waals surface area (Å²) in [5.41, 5.74) is -0.0622. The van der Waals surface area contributed by atoms with Crippen LogP contribution in [0, 0.1) is 11.6 Å². The number of rotatable bonds is 7. The fourth-order valence-electron chi connectivity index (χ4n) is 2.59. The summed E-state index contributed by atoms with van der Waals surface area (Å²) in [5, 5.41) is 21.1. The summed E-state index contributed by atoms with van der Waals surface area (Å²) in [6.45, 7) is 3.65. The Balaban J connectivity index is 2.11. The monoisotopic (exact) mass is 318 g/mol. The van der Waals surface area contributed by atoms with Gasteiger partial charge in [-0.15, -0.1) is 6.58 Å². The highest BCUT2D eigenvalue weighted by atomic mass is 19.1. The van der Waals surface area contributed by atoms with Gasteiger partial charge in [0.2, 0.25) is 0 Å². The summed E-state index contributed by atoms with van der Waals surface area (Å²) >= 11 is 0. The Kier molecular flexibility index (Phi) is 5.64. The summed E-state index contributed by atoms with van der Waals surface area (Å²) in [7, 11) is 0. The second-order valence-electron chi connectivity index (χ2n) is 5.64. The number of benzene rings is 2. The highest BCUT2D eigenvalue weighted by molar-refractivity contribution is 5.24. The Morgan fingerprint density at radius 1 is 1.00 bits per heavy atom. The van der Waals surface area contributed by atoms with Crippen LogP contribution in [0.25, 0.3) is 0 Å². The molecule has 2 nitrogen and oxygen atoms in total. The first-order chi connectivity index (χ1) is 10.9. The van der Waals surface area contributed by atoms with Crippen LogP contribution in [0.5, 0.6) is 0 Å². The second kappa shape index (κ2) is 7.49. The molecule has 2 rings (SSSR count). The van der Waals surface area contributed by atoms with Gasteiger partial charge in [-0.25, -0.2) is 8.78 Å². The van der Waals surface area contributed by atoms with Crippen molar-refractivity contribution in [2.45, 2.75) is 31.0 Å². The lowest BCUT2D eigenvalue weighted by Crippen LogP contribution is -2.25. The van der Waals surface area contributed by atoms with Gasteiger partial charge in [-0.3, -0.25) is 0 Å². The van der Waals surface area contributed by atoms with Gasteiger partial charge in [0.15, 0.2) is 0 Å². The second-order valence-corrected chi connectivity index (χ2v) is 5.64. The molecule has 2 N–H and O–H groups in total. The Labute approximate surface area is 134 Å². The van der Waals surface area contributed by atoms with E-state index in [-0.39, 0.29) is 30.9 Å². The van der Waals surface area contributed by atoms with E-state index in [1.165, 1.54) is 48.5 Å². The van der Waals surface area contributed by atoms with Crippen molar-refractivity contribution in [1.29, 1.82) is 0 Å². The van der Waals surface area contributed by atoms with Crippen molar-refractivity contribution < 1.29 is 19.0 Å². The number of aliphatic hydroxyl groups excluding tert-OH is 1. The Morgan fingerprint density at radius 2 is 1.52 bits per heavy atom. The minimum atomic E-state index is -1.23. The number of hydrogen-bond acceptors (Lipinski definition) is 2. The van der Waals surface area contributed by atoms with Gasteiger partial charge in [-0.05, 0) is 54.7 Å². The molecule has 2 aromatic carbocycles. The van der Waals surface area contributed by atoms with Gasteiger partial charge in [0.05, 0.1) is 11.7 Å². The number of hydrogen-bond donors (Lipinski definition) is 2. The van der Waals surface area contributed by atoms with Crippen LogP contribution in [0.2, 0.25) is 0 Å². The quantitative estimate of drug-likeness (QED) is 0.750. The standard InChI is InChI=1S/C19H20F2O2/c1-2-12-19(23,15-5-9-17(21)10-6-15)13-11-18(22)14-3-7-16(20)8-4-14/h2-10,18,22-23H,1,11-13H2/t18-,19-/m1/s1. The van der Waals surface area contributed by atoms with Gasteiger partial charge in [-0.2, -0.15) is 0 Å². The molecule has 0 heterocycles. The van der Waals surface area contributed by atoms with Gasteiger partial charge < -0.3 is 10.2 Å². The fourth-order valence-corrected chi connectivity index (χ4v) is 2.59. The fraction of sp³-hybridized carbons (Fsp3) is 0.263. The van der Waals surface area contributed by atoms with Crippen LogP contribution in [0.1, 0.15) is 36.5 Å². The maximum absolute atomic E-state index is 13.1. The van der Waals surface area contributed by atoms with Crippen LogP contribution in [0.4, 0.5) is 8.78 Å². The zero-order valence-electron chi connectivity index (χ0n) is 12.8. The first-order valence-electron chi connectivity index (χ1n) is 7.47. The van der Waals surface area contributed by atoms with E-state index < -0.39 is 11.7 Å². The van der Waals surface area contributed by atoms with E-state index in [1.54, 1.807) is 6.08 Å². The van der Waals surface area contributed by atoms with E-state index in [1.807, 2.05) is 0 Å². The van der Waals surface area contributed by atoms with Crippen molar-refractivity contribution >= 4 is 0 Å². The first-order valence-corrected chi connectivity index (χ1v) is 7.47. The van der Waals surface area contributed by atoms with Crippen molar-refractivity contribution in [3.05, 3.63) is 83.9 Å². The molecule has 23 heavy (non-hydrogen) atoms. The lowest BCUT2D eigenvalue weighted by Gasteiger charge is -2.28. The maximum atomic E-state index is 13.1. The maximum Gasteiger partial charge on any atom is 0.123 e. The highest BCUT2D eigenvalue weighted by Crippen LogP contribution is 2.33. The summed E-state index contributed by atoms with van der Waals surface area (Å²) in [6.07, 6.45) is 1.62. The predicted molar refractivity (Wildman–Crippen MR) is 85.7 cm³/mol. The summed E-state index contributed by atoms with van der Waals surface area (Å²) in [4.78, 5) is 0. The third-order valence-electron chi connectivity index (χ3n) is 3.95. The lowest BCUT2D eigenvalue weighted by atomic mass is 9.84. The summed E-state index contributed by atoms with van der Waals surface area (Å²) in [6, 6.07) is 11.3. The molecular formula is C19H20F2O2. The van der Waals surface area contributed by atoms with E-state index in [9.17, 15) is 19.0 Å². The first kappa shape index (κ1) is 17.3. The van der Waals surface area contributed by atoms with Gasteiger partial charge in [-0.1, -0.05) is 30.3 Å². The van der Waals surface area contributed by atoms with Gasteiger partial charge >= 0.3 is 0 Å². The molecule has 0 spiro atoms. The predicted octanol–water partition coefficient (Wildman–Crippen LogP) is 4.24. The molecule has 2 atom stereocenters. The van der Waals surface area contributed by atoms with Crippen LogP contribution in [0.3, 0.4) is 0 Å². The van der Waals surface area contributed by atoms with Crippen molar-refractivity contribution in [2.24, 2.45) is 0 Å². The molecule has 0 radical (unpaired) electrons. The average molecular weight is 318 g/mol. The van der Waals surface area contributed by atoms with E-state index in [0.29, 0.717) is 11.1 Å². The van der Waals surface area contributed by atoms with Crippen LogP contribution in [-0.4, -0.2) is 10.2 Å². The molecule has 0 bridgehead atoms. The average Bonchev–Trinajstić information content (AvgIpc) is 2.54. The molecule has 0 saturated heterocycles. The van der Waals surface area contributed by atoms with Crippen LogP contribution in [0.15, 0.2) is 61.2 Å². The van der Waals surface area contributed by atoms with Crippen molar-refractivity contribution in [2.75, 3.05) is 0 Å². The molecular weight excluding hydrogens is 298 g/mol. The Morgan fingerprint density at radius 3 is 2.04 bits per heavy atom. The minimum Gasteiger partial charge on any atom is -0.388 e. The molecule has 0 aliphatic heterocycles. The molecule has 0 aliphatic carbocycles. The molecule has 0 aliphatic rings. The normalized spacial score (nSPS) is 15.0. The lowest BCUT2D eigenvalue weighted by molar-refractivity contribution is 0.0136. The van der Waals surface area contributed by atoms with Crippen molar-refractivity contribution in [1.82, 2.24) is 0 Å². The zero-order chi connectivity index (χ0) is 16.9. The molecule has 122 valence electrons. The number of aliphatic hydroxyl groups is 2. The molecule has 0 aromatic heterocycles. The summed E-state index contributed by atoms with van der Waals surface area (Å²) < 4.78 is 26.0. The number of halogens is 2. The third-order valence-corrected chi connectivity index (χ3v) is 3.95. The zero-order valence-corrected chi connectivity index (χ0v) is 12.8. The van der Waals surface area contributed by atoms with Crippen molar-refractivity contribution in [3.63, 3.8) is 0 Å². The molecule has 0 unspecified atom stereocenters.